The van der Waals surface area contributed by atoms with Gasteiger partial charge in [-0.25, -0.2) is 18.1 Å². The van der Waals surface area contributed by atoms with Crippen LogP contribution in [0.1, 0.15) is 18.9 Å². The molecule has 1 aromatic heterocycles. The molecule has 0 aliphatic heterocycles. The maximum absolute atomic E-state index is 12.1. The van der Waals surface area contributed by atoms with Crippen molar-refractivity contribution in [1.29, 1.82) is 0 Å². The highest BCUT2D eigenvalue weighted by Gasteiger charge is 2.14. The van der Waals surface area contributed by atoms with E-state index in [4.69, 9.17) is 0 Å². The summed E-state index contributed by atoms with van der Waals surface area (Å²) < 4.78 is 28.5. The molecule has 1 atom stereocenters. The van der Waals surface area contributed by atoms with Crippen molar-refractivity contribution in [2.75, 3.05) is 6.54 Å². The van der Waals surface area contributed by atoms with Gasteiger partial charge in [0.05, 0.1) is 11.2 Å². The number of imidazole rings is 1. The van der Waals surface area contributed by atoms with Crippen LogP contribution in [-0.4, -0.2) is 36.5 Å². The van der Waals surface area contributed by atoms with E-state index in [1.54, 1.807) is 36.8 Å². The van der Waals surface area contributed by atoms with E-state index in [1.165, 1.54) is 0 Å². The molecule has 2 N–H and O–H groups in total. The lowest BCUT2D eigenvalue weighted by atomic mass is 10.2. The van der Waals surface area contributed by atoms with Gasteiger partial charge >= 0.3 is 0 Å². The average Bonchev–Trinajstić information content (AvgIpc) is 3.00. The van der Waals surface area contributed by atoms with Crippen molar-refractivity contribution in [3.63, 3.8) is 0 Å². The van der Waals surface area contributed by atoms with Gasteiger partial charge in [0, 0.05) is 37.9 Å². The van der Waals surface area contributed by atoms with Crippen molar-refractivity contribution in [1.82, 2.24) is 19.6 Å². The molecule has 7 nitrogen and oxygen atoms in total. The third-order valence-corrected chi connectivity index (χ3v) is 4.90. The Balaban J connectivity index is 1.76. The first-order valence-corrected chi connectivity index (χ1v) is 9.16. The van der Waals surface area contributed by atoms with Gasteiger partial charge < -0.3 is 9.88 Å². The zero-order valence-electron chi connectivity index (χ0n) is 13.8. The van der Waals surface area contributed by atoms with E-state index >= 15 is 0 Å². The molecular weight excluding hydrogens is 328 g/mol. The van der Waals surface area contributed by atoms with Crippen LogP contribution in [0, 0.1) is 6.92 Å². The van der Waals surface area contributed by atoms with Crippen LogP contribution in [-0.2, 0) is 21.4 Å². The number of benzene rings is 1. The first kappa shape index (κ1) is 18.2. The topological polar surface area (TPSA) is 93.1 Å². The number of carbonyl (C=O) groups is 1. The van der Waals surface area contributed by atoms with E-state index in [9.17, 15) is 13.2 Å². The van der Waals surface area contributed by atoms with Crippen LogP contribution in [0.25, 0.3) is 0 Å². The van der Waals surface area contributed by atoms with Gasteiger partial charge in [-0.2, -0.15) is 0 Å². The largest absolute Gasteiger partial charge is 0.352 e. The van der Waals surface area contributed by atoms with E-state index in [2.05, 4.69) is 15.0 Å². The van der Waals surface area contributed by atoms with Gasteiger partial charge in [0.2, 0.25) is 15.9 Å². The Kier molecular flexibility index (Phi) is 6.10. The fourth-order valence-electron chi connectivity index (χ4n) is 2.20. The van der Waals surface area contributed by atoms with Crippen LogP contribution < -0.4 is 10.0 Å². The third-order valence-electron chi connectivity index (χ3n) is 3.43. The summed E-state index contributed by atoms with van der Waals surface area (Å²) in [5, 5.41) is 2.83. The number of hydrogen-bond acceptors (Lipinski definition) is 4. The summed E-state index contributed by atoms with van der Waals surface area (Å²) >= 11 is 0. The molecule has 0 fully saturated rings. The molecule has 1 amide bonds. The van der Waals surface area contributed by atoms with E-state index in [-0.39, 0.29) is 29.8 Å². The number of aryl methyl sites for hydroxylation is 1. The Hall–Kier alpha value is -2.19. The predicted octanol–water partition coefficient (Wildman–Crippen LogP) is 1.06. The number of nitrogens with one attached hydrogen (secondary N) is 2. The molecule has 0 radical (unpaired) electrons. The minimum Gasteiger partial charge on any atom is -0.352 e. The van der Waals surface area contributed by atoms with Crippen LogP contribution in [0.4, 0.5) is 0 Å². The summed E-state index contributed by atoms with van der Waals surface area (Å²) in [7, 11) is -3.58. The second-order valence-electron chi connectivity index (χ2n) is 5.69. The molecule has 1 heterocycles. The maximum Gasteiger partial charge on any atom is 0.240 e. The molecule has 0 aliphatic carbocycles. The summed E-state index contributed by atoms with van der Waals surface area (Å²) in [4.78, 5) is 16.0. The molecule has 1 unspecified atom stereocenters. The average molecular weight is 350 g/mol. The number of amides is 1. The smallest absolute Gasteiger partial charge is 0.240 e. The van der Waals surface area contributed by atoms with Gasteiger partial charge in [0.25, 0.3) is 0 Å². The quantitative estimate of drug-likeness (QED) is 0.745. The van der Waals surface area contributed by atoms with Gasteiger partial charge in [-0.3, -0.25) is 4.79 Å². The van der Waals surface area contributed by atoms with Crippen LogP contribution >= 0.6 is 0 Å². The summed E-state index contributed by atoms with van der Waals surface area (Å²) in [6.07, 6.45) is 5.25. The molecule has 0 saturated heterocycles. The molecule has 0 spiro atoms. The highest BCUT2D eigenvalue weighted by molar-refractivity contribution is 7.89. The van der Waals surface area contributed by atoms with Gasteiger partial charge in [-0.15, -0.1) is 0 Å². The van der Waals surface area contributed by atoms with Crippen molar-refractivity contribution >= 4 is 15.9 Å². The van der Waals surface area contributed by atoms with Crippen molar-refractivity contribution in [3.05, 3.63) is 48.5 Å². The van der Waals surface area contributed by atoms with Crippen molar-refractivity contribution in [3.8, 4) is 0 Å². The molecule has 0 bridgehead atoms. The summed E-state index contributed by atoms with van der Waals surface area (Å²) in [5.74, 6) is -0.200. The summed E-state index contributed by atoms with van der Waals surface area (Å²) in [6, 6.07) is 6.49. The Bertz CT molecular complexity index is 755. The zero-order valence-corrected chi connectivity index (χ0v) is 14.6. The highest BCUT2D eigenvalue weighted by atomic mass is 32.2. The van der Waals surface area contributed by atoms with E-state index in [0.29, 0.717) is 6.54 Å². The lowest BCUT2D eigenvalue weighted by molar-refractivity contribution is -0.121. The lowest BCUT2D eigenvalue weighted by Crippen LogP contribution is -2.37. The molecule has 24 heavy (non-hydrogen) atoms. The summed E-state index contributed by atoms with van der Waals surface area (Å²) in [6.45, 7) is 4.44. The Morgan fingerprint density at radius 2 is 2.00 bits per heavy atom. The monoisotopic (exact) mass is 350 g/mol. The number of aromatic nitrogens is 2. The SMILES string of the molecule is Cc1ccc(S(=O)(=O)NCCC(=O)NC(C)Cn2ccnc2)cc1. The van der Waals surface area contributed by atoms with Gasteiger partial charge in [-0.1, -0.05) is 17.7 Å². The first-order valence-electron chi connectivity index (χ1n) is 7.68. The van der Waals surface area contributed by atoms with Crippen LogP contribution in [0.5, 0.6) is 0 Å². The van der Waals surface area contributed by atoms with Gasteiger partial charge in [-0.05, 0) is 26.0 Å². The molecule has 0 aliphatic rings. The zero-order chi connectivity index (χ0) is 17.6. The van der Waals surface area contributed by atoms with Crippen molar-refractivity contribution in [2.24, 2.45) is 0 Å². The van der Waals surface area contributed by atoms with E-state index < -0.39 is 10.0 Å². The molecule has 0 saturated carbocycles. The van der Waals surface area contributed by atoms with Crippen molar-refractivity contribution < 1.29 is 13.2 Å². The van der Waals surface area contributed by atoms with E-state index in [0.717, 1.165) is 5.56 Å². The van der Waals surface area contributed by atoms with Gasteiger partial charge in [0.1, 0.15) is 0 Å². The fourth-order valence-corrected chi connectivity index (χ4v) is 3.24. The number of hydrogen-bond donors (Lipinski definition) is 2. The number of sulfonamides is 1. The lowest BCUT2D eigenvalue weighted by Gasteiger charge is -2.14. The maximum atomic E-state index is 12.1. The van der Waals surface area contributed by atoms with Crippen LogP contribution in [0.2, 0.25) is 0 Å². The van der Waals surface area contributed by atoms with Crippen LogP contribution in [0.15, 0.2) is 47.9 Å². The fraction of sp³-hybridized carbons (Fsp3) is 0.375. The second kappa shape index (κ2) is 8.07. The first-order chi connectivity index (χ1) is 11.4. The number of rotatable bonds is 8. The van der Waals surface area contributed by atoms with E-state index in [1.807, 2.05) is 24.6 Å². The number of nitrogens with zero attached hydrogens (tertiary/aromatic N) is 2. The van der Waals surface area contributed by atoms with Crippen molar-refractivity contribution in [2.45, 2.75) is 37.8 Å². The van der Waals surface area contributed by atoms with Crippen LogP contribution in [0.3, 0.4) is 0 Å². The molecule has 130 valence electrons. The Morgan fingerprint density at radius 3 is 2.62 bits per heavy atom. The molecule has 2 aromatic rings. The predicted molar refractivity (Wildman–Crippen MR) is 90.8 cm³/mol. The normalized spacial score (nSPS) is 12.8. The Labute approximate surface area is 142 Å². The van der Waals surface area contributed by atoms with Gasteiger partial charge in [0.15, 0.2) is 0 Å². The minimum atomic E-state index is -3.58. The molecule has 2 rings (SSSR count). The molecular formula is C16H22N4O3S. The summed E-state index contributed by atoms with van der Waals surface area (Å²) in [5.41, 5.74) is 0.986. The molecule has 8 heteroatoms. The molecule has 1 aromatic carbocycles. The Morgan fingerprint density at radius 1 is 1.29 bits per heavy atom. The minimum absolute atomic E-state index is 0.0554. The third kappa shape index (κ3) is 5.47. The standard InChI is InChI=1S/C16H22N4O3S/c1-13-3-5-15(6-4-13)24(22,23)18-8-7-16(21)19-14(2)11-20-10-9-17-12-20/h3-6,9-10,12,14,18H,7-8,11H2,1-2H3,(H,19,21). The second-order valence-corrected chi connectivity index (χ2v) is 7.46. The highest BCUT2D eigenvalue weighted by Crippen LogP contribution is 2.09. The number of carbonyl (C=O) groups excluding carboxylic acids is 1.